The number of aromatic nitrogens is 2. The molecule has 0 aliphatic carbocycles. The highest BCUT2D eigenvalue weighted by Crippen LogP contribution is 2.26. The summed E-state index contributed by atoms with van der Waals surface area (Å²) < 4.78 is 7.29. The zero-order valence-corrected chi connectivity index (χ0v) is 12.8. The molecule has 0 aliphatic rings. The molecule has 0 aliphatic heterocycles. The first-order valence-corrected chi connectivity index (χ1v) is 7.07. The van der Waals surface area contributed by atoms with Crippen LogP contribution in [0.2, 0.25) is 5.02 Å². The lowest BCUT2D eigenvalue weighted by Crippen LogP contribution is -2.15. The van der Waals surface area contributed by atoms with Crippen molar-refractivity contribution in [1.82, 2.24) is 9.78 Å². The summed E-state index contributed by atoms with van der Waals surface area (Å²) in [7, 11) is 1.89. The summed E-state index contributed by atoms with van der Waals surface area (Å²) in [5, 5.41) is 5.01. The van der Waals surface area contributed by atoms with Crippen molar-refractivity contribution < 1.29 is 4.74 Å². The highest BCUT2D eigenvalue weighted by molar-refractivity contribution is 6.31. The van der Waals surface area contributed by atoms with Crippen LogP contribution in [0.25, 0.3) is 0 Å². The second-order valence-corrected chi connectivity index (χ2v) is 5.16. The molecule has 0 fully saturated rings. The molecule has 2 rings (SSSR count). The van der Waals surface area contributed by atoms with E-state index < -0.39 is 0 Å². The Morgan fingerprint density at radius 1 is 1.45 bits per heavy atom. The fourth-order valence-corrected chi connectivity index (χ4v) is 2.47. The summed E-state index contributed by atoms with van der Waals surface area (Å²) >= 11 is 6.26. The number of rotatable bonds is 5. The fraction of sp³-hybridized carbons (Fsp3) is 0.400. The summed E-state index contributed by atoms with van der Waals surface area (Å²) in [6.45, 7) is 4.50. The maximum Gasteiger partial charge on any atom is 0.119 e. The van der Waals surface area contributed by atoms with Crippen molar-refractivity contribution in [3.8, 4) is 5.75 Å². The molecule has 2 N–H and O–H groups in total. The Morgan fingerprint density at radius 3 is 2.80 bits per heavy atom. The molecule has 0 amide bonds. The van der Waals surface area contributed by atoms with E-state index in [2.05, 4.69) is 5.10 Å². The van der Waals surface area contributed by atoms with E-state index in [1.807, 2.05) is 45.2 Å². The van der Waals surface area contributed by atoms with Crippen LogP contribution in [0.1, 0.15) is 29.9 Å². The molecule has 1 aromatic heterocycles. The molecule has 20 heavy (non-hydrogen) atoms. The Morgan fingerprint density at radius 2 is 2.20 bits per heavy atom. The maximum absolute atomic E-state index is 6.28. The van der Waals surface area contributed by atoms with Gasteiger partial charge < -0.3 is 10.5 Å². The van der Waals surface area contributed by atoms with Gasteiger partial charge in [0.1, 0.15) is 5.75 Å². The van der Waals surface area contributed by atoms with E-state index in [9.17, 15) is 0 Å². The Bertz CT molecular complexity index is 595. The van der Waals surface area contributed by atoms with Gasteiger partial charge >= 0.3 is 0 Å². The monoisotopic (exact) mass is 293 g/mol. The number of halogens is 1. The highest BCUT2D eigenvalue weighted by atomic mass is 35.5. The van der Waals surface area contributed by atoms with E-state index >= 15 is 0 Å². The molecule has 2 aromatic rings. The van der Waals surface area contributed by atoms with Gasteiger partial charge in [0.25, 0.3) is 0 Å². The van der Waals surface area contributed by atoms with Gasteiger partial charge in [-0.2, -0.15) is 5.10 Å². The van der Waals surface area contributed by atoms with Gasteiger partial charge in [-0.05, 0) is 31.5 Å². The second kappa shape index (κ2) is 6.29. The van der Waals surface area contributed by atoms with Crippen molar-refractivity contribution in [3.63, 3.8) is 0 Å². The van der Waals surface area contributed by atoms with Crippen LogP contribution in [0, 0.1) is 6.92 Å². The average molecular weight is 294 g/mol. The van der Waals surface area contributed by atoms with Crippen LogP contribution in [0.5, 0.6) is 5.75 Å². The number of nitrogens with two attached hydrogens (primary N) is 1. The minimum absolute atomic E-state index is 0.136. The van der Waals surface area contributed by atoms with Crippen molar-refractivity contribution >= 4 is 11.6 Å². The summed E-state index contributed by atoms with van der Waals surface area (Å²) in [6.07, 6.45) is 0.645. The van der Waals surface area contributed by atoms with Gasteiger partial charge in [-0.15, -0.1) is 0 Å². The molecular formula is C15H20ClN3O. The van der Waals surface area contributed by atoms with Crippen LogP contribution in [0.15, 0.2) is 24.3 Å². The number of ether oxygens (including phenoxy) is 1. The first kappa shape index (κ1) is 14.9. The minimum Gasteiger partial charge on any atom is -0.494 e. The highest BCUT2D eigenvalue weighted by Gasteiger charge is 2.16. The lowest BCUT2D eigenvalue weighted by molar-refractivity contribution is 0.339. The van der Waals surface area contributed by atoms with Gasteiger partial charge in [-0.1, -0.05) is 23.7 Å². The van der Waals surface area contributed by atoms with E-state index in [0.717, 1.165) is 22.7 Å². The zero-order chi connectivity index (χ0) is 14.7. The Labute approximate surface area is 124 Å². The van der Waals surface area contributed by atoms with Gasteiger partial charge in [-0.25, -0.2) is 0 Å². The van der Waals surface area contributed by atoms with Crippen LogP contribution in [-0.2, 0) is 13.5 Å². The maximum atomic E-state index is 6.28. The van der Waals surface area contributed by atoms with Crippen LogP contribution in [0.3, 0.4) is 0 Å². The third kappa shape index (κ3) is 3.14. The number of aryl methyl sites for hydroxylation is 2. The lowest BCUT2D eigenvalue weighted by atomic mass is 10.0. The van der Waals surface area contributed by atoms with E-state index in [4.69, 9.17) is 22.1 Å². The molecule has 0 saturated heterocycles. The predicted octanol–water partition coefficient (Wildman–Crippen LogP) is 3.02. The van der Waals surface area contributed by atoms with Gasteiger partial charge in [0.2, 0.25) is 0 Å². The zero-order valence-electron chi connectivity index (χ0n) is 12.1. The summed E-state index contributed by atoms with van der Waals surface area (Å²) in [4.78, 5) is 0. The van der Waals surface area contributed by atoms with E-state index in [1.54, 1.807) is 4.68 Å². The molecule has 0 radical (unpaired) electrons. The van der Waals surface area contributed by atoms with Gasteiger partial charge in [0, 0.05) is 19.5 Å². The lowest BCUT2D eigenvalue weighted by Gasteiger charge is -2.14. The first-order chi connectivity index (χ1) is 9.52. The first-order valence-electron chi connectivity index (χ1n) is 6.69. The van der Waals surface area contributed by atoms with Crippen molar-refractivity contribution in [3.05, 3.63) is 46.2 Å². The Hall–Kier alpha value is -1.52. The molecule has 1 unspecified atom stereocenters. The quantitative estimate of drug-likeness (QED) is 0.922. The average Bonchev–Trinajstić information content (AvgIpc) is 2.66. The summed E-state index contributed by atoms with van der Waals surface area (Å²) in [6, 6.07) is 7.73. The summed E-state index contributed by atoms with van der Waals surface area (Å²) in [5.41, 5.74) is 9.11. The molecular weight excluding hydrogens is 274 g/mol. The van der Waals surface area contributed by atoms with E-state index in [0.29, 0.717) is 18.1 Å². The molecule has 5 heteroatoms. The molecule has 108 valence electrons. The summed E-state index contributed by atoms with van der Waals surface area (Å²) in [5.74, 6) is 0.840. The Kier molecular flexibility index (Phi) is 4.68. The SMILES string of the molecule is CCOc1cccc(C(N)Cc2c(Cl)c(C)nn2C)c1. The molecule has 1 heterocycles. The topological polar surface area (TPSA) is 53.1 Å². The fourth-order valence-electron chi connectivity index (χ4n) is 2.23. The molecule has 0 saturated carbocycles. The van der Waals surface area contributed by atoms with Crippen LogP contribution in [0.4, 0.5) is 0 Å². The second-order valence-electron chi connectivity index (χ2n) is 4.79. The van der Waals surface area contributed by atoms with Crippen molar-refractivity contribution in [2.75, 3.05) is 6.61 Å². The molecule has 4 nitrogen and oxygen atoms in total. The van der Waals surface area contributed by atoms with Crippen LogP contribution >= 0.6 is 11.6 Å². The van der Waals surface area contributed by atoms with E-state index in [1.165, 1.54) is 0 Å². The number of benzene rings is 1. The Balaban J connectivity index is 2.19. The third-order valence-corrected chi connectivity index (χ3v) is 3.76. The minimum atomic E-state index is -0.136. The number of nitrogens with zero attached hydrogens (tertiary/aromatic N) is 2. The van der Waals surface area contributed by atoms with Crippen LogP contribution < -0.4 is 10.5 Å². The smallest absolute Gasteiger partial charge is 0.119 e. The molecule has 0 bridgehead atoms. The molecule has 1 aromatic carbocycles. The molecule has 0 spiro atoms. The van der Waals surface area contributed by atoms with Crippen molar-refractivity contribution in [2.24, 2.45) is 12.8 Å². The van der Waals surface area contributed by atoms with Crippen LogP contribution in [-0.4, -0.2) is 16.4 Å². The standard InChI is InChI=1S/C15H20ClN3O/c1-4-20-12-7-5-6-11(8-12)13(17)9-14-15(16)10(2)18-19(14)3/h5-8,13H,4,9,17H2,1-3H3. The van der Waals surface area contributed by atoms with E-state index in [-0.39, 0.29) is 6.04 Å². The number of hydrogen-bond donors (Lipinski definition) is 1. The normalized spacial score (nSPS) is 12.4. The largest absolute Gasteiger partial charge is 0.494 e. The predicted molar refractivity (Wildman–Crippen MR) is 81.2 cm³/mol. The van der Waals surface area contributed by atoms with Crippen molar-refractivity contribution in [2.45, 2.75) is 26.3 Å². The van der Waals surface area contributed by atoms with Gasteiger partial charge in [-0.3, -0.25) is 4.68 Å². The third-order valence-electron chi connectivity index (χ3n) is 3.27. The van der Waals surface area contributed by atoms with Crippen molar-refractivity contribution in [1.29, 1.82) is 0 Å². The van der Waals surface area contributed by atoms with Gasteiger partial charge in [0.15, 0.2) is 0 Å². The number of hydrogen-bond acceptors (Lipinski definition) is 3. The molecule has 1 atom stereocenters. The van der Waals surface area contributed by atoms with Gasteiger partial charge in [0.05, 0.1) is 23.0 Å².